The Kier molecular flexibility index (Phi) is 10.3. The van der Waals surface area contributed by atoms with Crippen molar-refractivity contribution in [2.24, 2.45) is 0 Å². The summed E-state index contributed by atoms with van der Waals surface area (Å²) in [5.74, 6) is 0. The number of H-pyrrole nitrogens is 1. The molecule has 16 heavy (non-hydrogen) atoms. The van der Waals surface area contributed by atoms with Crippen LogP contribution in [0.5, 0.6) is 0 Å². The minimum Gasteiger partial charge on any atom is -1.00 e. The molecule has 0 atom stereocenters. The third-order valence-electron chi connectivity index (χ3n) is 2.75. The van der Waals surface area contributed by atoms with Crippen LogP contribution in [0.15, 0.2) is 18.5 Å². The maximum absolute atomic E-state index is 3.12. The smallest absolute Gasteiger partial charge is 0.175 e. The van der Waals surface area contributed by atoms with Gasteiger partial charge in [0.25, 0.3) is 0 Å². The molecule has 1 fully saturated rings. The number of aromatic amines is 1. The number of aryl methyl sites for hydroxylation is 1. The summed E-state index contributed by atoms with van der Waals surface area (Å²) in [5.41, 5.74) is 2.84. The minimum absolute atomic E-state index is 0. The molecule has 1 aromatic heterocycles. The van der Waals surface area contributed by atoms with Gasteiger partial charge in [-0.1, -0.05) is 0 Å². The molecule has 1 aromatic rings. The largest absolute Gasteiger partial charge is 1.00 e. The van der Waals surface area contributed by atoms with E-state index in [1.807, 2.05) is 6.20 Å². The van der Waals surface area contributed by atoms with Crippen molar-refractivity contribution in [2.45, 2.75) is 6.92 Å². The summed E-state index contributed by atoms with van der Waals surface area (Å²) in [6.45, 7) is 7.20. The monoisotopic (exact) mass is 285 g/mol. The second kappa shape index (κ2) is 9.02. The summed E-state index contributed by atoms with van der Waals surface area (Å²) in [4.78, 5) is 4.75. The van der Waals surface area contributed by atoms with Gasteiger partial charge in [-0.15, -0.1) is 0 Å². The first kappa shape index (κ1) is 18.3. The van der Waals surface area contributed by atoms with Gasteiger partial charge >= 0.3 is 0 Å². The second-order valence-corrected chi connectivity index (χ2v) is 3.71. The van der Waals surface area contributed by atoms with Crippen molar-refractivity contribution >= 4 is 5.69 Å². The zero-order chi connectivity index (χ0) is 9.10. The van der Waals surface area contributed by atoms with Gasteiger partial charge in [-0.2, -0.15) is 0 Å². The second-order valence-electron chi connectivity index (χ2n) is 3.71. The molecule has 1 aliphatic rings. The lowest BCUT2D eigenvalue weighted by Gasteiger charge is -2.21. The Morgan fingerprint density at radius 3 is 2.38 bits per heavy atom. The molecule has 1 aliphatic heterocycles. The zero-order valence-electron chi connectivity index (χ0n) is 9.27. The van der Waals surface area contributed by atoms with Gasteiger partial charge in [-0.05, 0) is 6.92 Å². The van der Waals surface area contributed by atoms with E-state index < -0.39 is 0 Å². The molecular weight excluding hydrogens is 268 g/mol. The topological polar surface area (TPSA) is 35.2 Å². The first-order valence-electron chi connectivity index (χ1n) is 5.01. The Balaban J connectivity index is 0. The van der Waals surface area contributed by atoms with E-state index in [0.29, 0.717) is 0 Å². The lowest BCUT2D eigenvalue weighted by Crippen LogP contribution is -3.17. The summed E-state index contributed by atoms with van der Waals surface area (Å²) >= 11 is 0. The number of hydrogen-bond donors (Lipinski definition) is 2. The van der Waals surface area contributed by atoms with E-state index in [2.05, 4.69) is 29.5 Å². The van der Waals surface area contributed by atoms with Crippen LogP contribution in [0.4, 0.5) is 5.69 Å². The average molecular weight is 287 g/mol. The molecular formula is C10H18Cl3N3. The predicted molar refractivity (Wildman–Crippen MR) is 49.8 cm³/mol. The van der Waals surface area contributed by atoms with Crippen molar-refractivity contribution in [1.82, 2.24) is 0 Å². The van der Waals surface area contributed by atoms with Gasteiger partial charge in [0.05, 0.1) is 11.6 Å². The van der Waals surface area contributed by atoms with Gasteiger partial charge < -0.3 is 42.5 Å². The molecule has 2 rings (SSSR count). The summed E-state index contributed by atoms with van der Waals surface area (Å²) in [6, 6.07) is 2.20. The van der Waals surface area contributed by atoms with Gasteiger partial charge in [0, 0.05) is 0 Å². The lowest BCUT2D eigenvalue weighted by atomic mass is 10.2. The van der Waals surface area contributed by atoms with Gasteiger partial charge in [0.1, 0.15) is 31.9 Å². The standard InChI is InChI=1S/C10H15N3.3ClH/c1-9-8-12-3-2-10(9)13-6-4-11-5-7-13;;;/h2-3,8,11H,4-7H2,1H3;3*1H. The normalized spacial score (nSPS) is 15.3. The maximum Gasteiger partial charge on any atom is 0.175 e. The van der Waals surface area contributed by atoms with Crippen molar-refractivity contribution in [1.29, 1.82) is 0 Å². The van der Waals surface area contributed by atoms with Crippen molar-refractivity contribution in [3.05, 3.63) is 24.0 Å². The molecule has 0 saturated carbocycles. The van der Waals surface area contributed by atoms with Crippen LogP contribution in [0.25, 0.3) is 0 Å². The van der Waals surface area contributed by atoms with E-state index in [1.54, 1.807) is 4.90 Å². The number of hydrogen-bond acceptors (Lipinski definition) is 0. The molecule has 0 amide bonds. The summed E-state index contributed by atoms with van der Waals surface area (Å²) < 4.78 is 0. The zero-order valence-corrected chi connectivity index (χ0v) is 11.5. The van der Waals surface area contributed by atoms with Crippen molar-refractivity contribution < 1.29 is 52.4 Å². The first-order chi connectivity index (χ1) is 6.38. The molecule has 0 unspecified atom stereocenters. The summed E-state index contributed by atoms with van der Waals surface area (Å²) in [6.07, 6.45) is 4.11. The third kappa shape index (κ3) is 4.44. The average Bonchev–Trinajstić information content (AvgIpc) is 2.20. The fourth-order valence-electron chi connectivity index (χ4n) is 2.00. The number of quaternary nitrogens is 2. The van der Waals surface area contributed by atoms with Crippen LogP contribution in [0, 0.1) is 6.92 Å². The number of aromatic nitrogens is 1. The molecule has 0 radical (unpaired) electrons. The van der Waals surface area contributed by atoms with Crippen molar-refractivity contribution in [3.8, 4) is 0 Å². The van der Waals surface area contributed by atoms with Crippen LogP contribution >= 0.6 is 0 Å². The minimum atomic E-state index is 0. The van der Waals surface area contributed by atoms with Crippen LogP contribution in [-0.2, 0) is 0 Å². The molecule has 0 bridgehead atoms. The molecule has 4 N–H and O–H groups in total. The van der Waals surface area contributed by atoms with Crippen LogP contribution in [0.1, 0.15) is 5.56 Å². The fourth-order valence-corrected chi connectivity index (χ4v) is 2.00. The molecule has 1 saturated heterocycles. The number of rotatable bonds is 1. The molecule has 3 nitrogen and oxygen atoms in total. The summed E-state index contributed by atoms with van der Waals surface area (Å²) in [5, 5.41) is 2.40. The molecule has 0 spiro atoms. The van der Waals surface area contributed by atoms with E-state index >= 15 is 0 Å². The number of pyridine rings is 1. The van der Waals surface area contributed by atoms with Gasteiger partial charge in [0.15, 0.2) is 12.4 Å². The van der Waals surface area contributed by atoms with Crippen molar-refractivity contribution in [2.75, 3.05) is 26.2 Å². The first-order valence-corrected chi connectivity index (χ1v) is 5.01. The third-order valence-corrected chi connectivity index (χ3v) is 2.75. The number of halogens is 3. The fraction of sp³-hybridized carbons (Fsp3) is 0.500. The van der Waals surface area contributed by atoms with E-state index in [9.17, 15) is 0 Å². The van der Waals surface area contributed by atoms with Crippen LogP contribution in [0.3, 0.4) is 0 Å². The highest BCUT2D eigenvalue weighted by Crippen LogP contribution is 2.03. The Hall–Kier alpha value is -0.0600. The van der Waals surface area contributed by atoms with Gasteiger partial charge in [-0.3, -0.25) is 4.90 Å². The highest BCUT2D eigenvalue weighted by molar-refractivity contribution is 5.33. The Morgan fingerprint density at radius 1 is 1.19 bits per heavy atom. The van der Waals surface area contributed by atoms with E-state index in [1.165, 1.54) is 37.4 Å². The molecule has 2 heterocycles. The van der Waals surface area contributed by atoms with Crippen LogP contribution < -0.4 is 52.4 Å². The van der Waals surface area contributed by atoms with Gasteiger partial charge in [0.2, 0.25) is 0 Å². The molecule has 6 heteroatoms. The van der Waals surface area contributed by atoms with E-state index in [4.69, 9.17) is 0 Å². The molecule has 0 aromatic carbocycles. The van der Waals surface area contributed by atoms with E-state index in [0.717, 1.165) is 0 Å². The van der Waals surface area contributed by atoms with Gasteiger partial charge in [-0.25, -0.2) is 4.98 Å². The highest BCUT2D eigenvalue weighted by Gasteiger charge is 2.20. The highest BCUT2D eigenvalue weighted by atomic mass is 35.5. The number of piperazine rings is 1. The Labute approximate surface area is 115 Å². The SMILES string of the molecule is Cc1c[nH+]ccc1[NH+]1CC[NH2+]CC1.[Cl-].[Cl-].[Cl-]. The summed E-state index contributed by atoms with van der Waals surface area (Å²) in [7, 11) is 0. The van der Waals surface area contributed by atoms with E-state index in [-0.39, 0.29) is 37.2 Å². The van der Waals surface area contributed by atoms with Crippen molar-refractivity contribution in [3.63, 3.8) is 0 Å². The predicted octanol–water partition coefficient (Wildman–Crippen LogP) is -11.1. The molecule has 0 aliphatic carbocycles. The number of nitrogens with one attached hydrogen (secondary N) is 2. The number of nitrogens with two attached hydrogens (primary N) is 1. The van der Waals surface area contributed by atoms with Crippen LogP contribution in [-0.4, -0.2) is 26.2 Å². The maximum atomic E-state index is 3.12. The Bertz CT molecular complexity index is 290. The quantitative estimate of drug-likeness (QED) is 0.514. The lowest BCUT2D eigenvalue weighted by molar-refractivity contribution is -0.895. The van der Waals surface area contributed by atoms with Crippen LogP contribution in [0.2, 0.25) is 0 Å². The molecule has 94 valence electrons. The Morgan fingerprint density at radius 2 is 1.81 bits per heavy atom.